The summed E-state index contributed by atoms with van der Waals surface area (Å²) in [5.41, 5.74) is -0.844. The van der Waals surface area contributed by atoms with E-state index in [-0.39, 0.29) is 47.7 Å². The van der Waals surface area contributed by atoms with Crippen molar-refractivity contribution in [2.75, 3.05) is 19.6 Å². The number of piperidine rings is 1. The van der Waals surface area contributed by atoms with E-state index in [4.69, 9.17) is 0 Å². The lowest BCUT2D eigenvalue weighted by molar-refractivity contribution is -0.145. The van der Waals surface area contributed by atoms with E-state index in [0.29, 0.717) is 18.5 Å². The maximum absolute atomic E-state index is 14.5. The van der Waals surface area contributed by atoms with Crippen LogP contribution in [0.2, 0.25) is 0 Å². The van der Waals surface area contributed by atoms with E-state index in [9.17, 15) is 32.4 Å². The molecule has 52 heavy (non-hydrogen) atoms. The fourth-order valence-corrected chi connectivity index (χ4v) is 9.39. The van der Waals surface area contributed by atoms with Crippen LogP contribution in [0.25, 0.3) is 0 Å². The quantitative estimate of drug-likeness (QED) is 0.178. The molecule has 6 atom stereocenters. The van der Waals surface area contributed by atoms with Crippen LogP contribution < -0.4 is 21.3 Å². The second-order valence-electron chi connectivity index (χ2n) is 17.7. The van der Waals surface area contributed by atoms with Gasteiger partial charge in [0.05, 0.1) is 10.9 Å². The number of nitrogens with zero attached hydrogens (tertiary/aromatic N) is 2. The summed E-state index contributed by atoms with van der Waals surface area (Å²) in [6.45, 7) is 19.5. The van der Waals surface area contributed by atoms with E-state index in [2.05, 4.69) is 41.7 Å². The van der Waals surface area contributed by atoms with Gasteiger partial charge in [0.1, 0.15) is 12.1 Å². The first kappa shape index (κ1) is 39.4. The molecule has 286 valence electrons. The Morgan fingerprint density at radius 3 is 2.21 bits per heavy atom. The van der Waals surface area contributed by atoms with E-state index in [1.165, 1.54) is 15.3 Å². The summed E-state index contributed by atoms with van der Waals surface area (Å²) >= 11 is 0. The molecule has 14 heteroatoms. The number of fused-ring (bicyclic) bond motifs is 2. The van der Waals surface area contributed by atoms with Gasteiger partial charge < -0.3 is 26.2 Å². The number of hydrogen-bond donors (Lipinski definition) is 4. The van der Waals surface area contributed by atoms with Gasteiger partial charge in [-0.15, -0.1) is 6.58 Å². The Morgan fingerprint density at radius 1 is 0.981 bits per heavy atom. The summed E-state index contributed by atoms with van der Waals surface area (Å²) < 4.78 is 28.1. The van der Waals surface area contributed by atoms with Crippen molar-refractivity contribution in [1.82, 2.24) is 30.5 Å². The molecule has 4 N–H and O–H groups in total. The zero-order valence-electron chi connectivity index (χ0n) is 31.7. The Morgan fingerprint density at radius 2 is 1.63 bits per heavy atom. The molecule has 13 nitrogen and oxygen atoms in total. The molecule has 0 bridgehead atoms. The summed E-state index contributed by atoms with van der Waals surface area (Å²) in [6, 6.07) is 2.64. The first-order valence-electron chi connectivity index (χ1n) is 18.3. The number of carbonyl (C=O) groups excluding carboxylic acids is 5. The SMILES string of the molecule is C=CCNC(=O)C(=O)C(CC1CC1)NC(=O)[C@@H]1[C@@H]2[C@H](CN1C(=O)[C@@H](NC(=O)N[C@H](CN1Cc3ccccc3S1(=O)=O)C(C)(C)C)C(C)(C)C)C2(C)C. The van der Waals surface area contributed by atoms with Crippen LogP contribution >= 0.6 is 0 Å². The molecule has 1 aromatic carbocycles. The van der Waals surface area contributed by atoms with Gasteiger partial charge in [-0.3, -0.25) is 19.2 Å². The van der Waals surface area contributed by atoms with Crippen molar-refractivity contribution < 1.29 is 32.4 Å². The largest absolute Gasteiger partial charge is 0.346 e. The highest BCUT2D eigenvalue weighted by Gasteiger charge is 2.70. The van der Waals surface area contributed by atoms with Crippen LogP contribution in [-0.2, 0) is 35.7 Å². The highest BCUT2D eigenvalue weighted by molar-refractivity contribution is 7.89. The lowest BCUT2D eigenvalue weighted by atomic mass is 9.85. The molecule has 4 aliphatic rings. The molecule has 1 aromatic rings. The van der Waals surface area contributed by atoms with Gasteiger partial charge in [0.2, 0.25) is 27.6 Å². The molecule has 0 spiro atoms. The lowest BCUT2D eigenvalue weighted by Gasteiger charge is -2.39. The minimum Gasteiger partial charge on any atom is -0.346 e. The summed E-state index contributed by atoms with van der Waals surface area (Å²) in [5.74, 6) is -2.31. The molecule has 2 heterocycles. The number of benzene rings is 1. The Balaban J connectivity index is 1.32. The summed E-state index contributed by atoms with van der Waals surface area (Å²) in [4.78, 5) is 70.0. The van der Waals surface area contributed by atoms with Crippen molar-refractivity contribution in [2.24, 2.45) is 34.0 Å². The topological polar surface area (TPSA) is 174 Å². The molecular formula is C38H56N6O7S. The zero-order valence-corrected chi connectivity index (χ0v) is 32.6. The van der Waals surface area contributed by atoms with E-state index in [0.717, 1.165) is 12.8 Å². The first-order valence-corrected chi connectivity index (χ1v) is 19.7. The Labute approximate surface area is 308 Å². The van der Waals surface area contributed by atoms with Crippen LogP contribution in [0, 0.1) is 34.0 Å². The van der Waals surface area contributed by atoms with E-state index < -0.39 is 74.6 Å². The maximum atomic E-state index is 14.5. The van der Waals surface area contributed by atoms with Gasteiger partial charge in [-0.25, -0.2) is 13.2 Å². The van der Waals surface area contributed by atoms with Crippen molar-refractivity contribution in [2.45, 2.75) is 110 Å². The molecule has 5 amide bonds. The second kappa shape index (κ2) is 14.2. The van der Waals surface area contributed by atoms with Crippen LogP contribution in [0.5, 0.6) is 0 Å². The average Bonchev–Trinajstić information content (AvgIpc) is 3.87. The minimum atomic E-state index is -3.74. The van der Waals surface area contributed by atoms with Crippen LogP contribution in [0.1, 0.15) is 80.2 Å². The molecule has 2 aliphatic carbocycles. The Kier molecular flexibility index (Phi) is 10.8. The molecule has 2 saturated carbocycles. The van der Waals surface area contributed by atoms with Crippen molar-refractivity contribution in [3.8, 4) is 0 Å². The smallest absolute Gasteiger partial charge is 0.315 e. The predicted octanol–water partition coefficient (Wildman–Crippen LogP) is 2.96. The second-order valence-corrected chi connectivity index (χ2v) is 19.6. The van der Waals surface area contributed by atoms with Crippen LogP contribution in [-0.4, -0.2) is 91.0 Å². The number of ketones is 1. The normalized spacial score (nSPS) is 24.8. The number of sulfonamides is 1. The van der Waals surface area contributed by atoms with Gasteiger partial charge in [-0.1, -0.05) is 92.5 Å². The average molecular weight is 741 g/mol. The van der Waals surface area contributed by atoms with Gasteiger partial charge in [0.15, 0.2) is 0 Å². The van der Waals surface area contributed by atoms with Crippen molar-refractivity contribution in [3.05, 3.63) is 42.5 Å². The molecule has 0 radical (unpaired) electrons. The molecule has 3 fully saturated rings. The van der Waals surface area contributed by atoms with Gasteiger partial charge in [-0.2, -0.15) is 4.31 Å². The maximum Gasteiger partial charge on any atom is 0.315 e. The third kappa shape index (κ3) is 8.07. The van der Waals surface area contributed by atoms with Gasteiger partial charge in [-0.05, 0) is 52.0 Å². The van der Waals surface area contributed by atoms with Crippen molar-refractivity contribution in [3.63, 3.8) is 0 Å². The third-order valence-electron chi connectivity index (χ3n) is 11.4. The number of nitrogens with one attached hydrogen (secondary N) is 4. The number of urea groups is 1. The van der Waals surface area contributed by atoms with Crippen LogP contribution in [0.15, 0.2) is 41.8 Å². The van der Waals surface area contributed by atoms with Gasteiger partial charge in [0.25, 0.3) is 5.91 Å². The first-order chi connectivity index (χ1) is 24.1. The van der Waals surface area contributed by atoms with E-state index in [1.54, 1.807) is 24.3 Å². The number of Topliss-reactive ketones (excluding diaryl/α,β-unsaturated/α-hetero) is 1. The lowest BCUT2D eigenvalue weighted by Crippen LogP contribution is -2.62. The highest BCUT2D eigenvalue weighted by atomic mass is 32.2. The zero-order chi connectivity index (χ0) is 38.6. The summed E-state index contributed by atoms with van der Waals surface area (Å²) in [7, 11) is -3.74. The predicted molar refractivity (Wildman–Crippen MR) is 196 cm³/mol. The minimum absolute atomic E-state index is 0.0290. The Bertz CT molecular complexity index is 1720. The van der Waals surface area contributed by atoms with Gasteiger partial charge in [0, 0.05) is 32.2 Å². The summed E-state index contributed by atoms with van der Waals surface area (Å²) in [6.07, 6.45) is 3.64. The molecule has 0 aromatic heterocycles. The number of hydrogen-bond acceptors (Lipinski definition) is 7. The molecule has 1 saturated heterocycles. The molecule has 1 unspecified atom stereocenters. The van der Waals surface area contributed by atoms with Gasteiger partial charge >= 0.3 is 6.03 Å². The van der Waals surface area contributed by atoms with E-state index >= 15 is 0 Å². The van der Waals surface area contributed by atoms with Crippen LogP contribution in [0.3, 0.4) is 0 Å². The number of amides is 5. The number of likely N-dealkylation sites (tertiary alicyclic amines) is 1. The number of rotatable bonds is 13. The fourth-order valence-electron chi connectivity index (χ4n) is 7.75. The standard InChI is InChI=1S/C38H56N6O7S/c1-10-17-39-33(47)30(45)25(18-22-15-16-22)40-32(46)29-28-24(38(28,8)9)20-44(29)34(48)31(37(5,6)7)42-35(49)41-27(36(2,3)4)21-43-19-23-13-11-12-14-26(23)52(43,50)51/h10-14,22,24-25,27-29,31H,1,15-21H2,2-9H3,(H,39,47)(H,40,46)(H2,41,42,49)/t24-,25?,27+,28-,29-,31+/m0/s1. The molecular weight excluding hydrogens is 685 g/mol. The highest BCUT2D eigenvalue weighted by Crippen LogP contribution is 2.65. The summed E-state index contributed by atoms with van der Waals surface area (Å²) in [5, 5.41) is 11.2. The van der Waals surface area contributed by atoms with Crippen molar-refractivity contribution in [1.29, 1.82) is 0 Å². The van der Waals surface area contributed by atoms with Crippen molar-refractivity contribution >= 4 is 39.6 Å². The fraction of sp³-hybridized carbons (Fsp3) is 0.658. The van der Waals surface area contributed by atoms with Crippen LogP contribution in [0.4, 0.5) is 4.79 Å². The monoisotopic (exact) mass is 740 g/mol. The third-order valence-corrected chi connectivity index (χ3v) is 13.3. The van der Waals surface area contributed by atoms with E-state index in [1.807, 2.05) is 41.5 Å². The number of carbonyl (C=O) groups is 5. The molecule has 2 aliphatic heterocycles. The Hall–Kier alpha value is -3.78. The molecule has 5 rings (SSSR count).